The smallest absolute Gasteiger partial charge is 0.263 e. The molecule has 0 unspecified atom stereocenters. The number of hydrogen-bond acceptors (Lipinski definition) is 5. The molecule has 0 aliphatic rings. The zero-order valence-corrected chi connectivity index (χ0v) is 13.5. The monoisotopic (exact) mass is 333 g/mol. The molecule has 1 aromatic carbocycles. The molecule has 0 atom stereocenters. The highest BCUT2D eigenvalue weighted by atomic mass is 16.1. The first-order chi connectivity index (χ1) is 12.2. The molecule has 3 aromatic heterocycles. The van der Waals surface area contributed by atoms with Gasteiger partial charge in [-0.1, -0.05) is 24.3 Å². The highest BCUT2D eigenvalue weighted by Gasteiger charge is 2.15. The van der Waals surface area contributed by atoms with Crippen LogP contribution in [0.15, 0.2) is 55.2 Å². The van der Waals surface area contributed by atoms with Crippen LogP contribution in [-0.4, -0.2) is 35.3 Å². The highest BCUT2D eigenvalue weighted by molar-refractivity contribution is 6.07. The van der Waals surface area contributed by atoms with Crippen molar-refractivity contribution >= 4 is 17.5 Å². The summed E-state index contributed by atoms with van der Waals surface area (Å²) in [5.41, 5.74) is 3.19. The average Bonchev–Trinajstić information content (AvgIpc) is 3.23. The van der Waals surface area contributed by atoms with Gasteiger partial charge in [0.1, 0.15) is 11.9 Å². The standard InChI is InChI=1S/C17H15N7O/c1-12-5-2-3-6-13(12)10-23-11-19-17(22-23)21-16(25)14-9-20-24-8-4-7-18-15(14)24/h2-9,11H,10H2,1H3,(H,21,22,25). The second-order valence-electron chi connectivity index (χ2n) is 5.59. The molecule has 0 saturated carbocycles. The molecular weight excluding hydrogens is 318 g/mol. The first-order valence-corrected chi connectivity index (χ1v) is 7.74. The lowest BCUT2D eigenvalue weighted by Crippen LogP contribution is -2.13. The maximum absolute atomic E-state index is 12.4. The minimum Gasteiger partial charge on any atom is -0.289 e. The van der Waals surface area contributed by atoms with Crippen LogP contribution in [0.2, 0.25) is 0 Å². The Kier molecular flexibility index (Phi) is 3.70. The van der Waals surface area contributed by atoms with Crippen molar-refractivity contribution in [1.82, 2.24) is 29.4 Å². The van der Waals surface area contributed by atoms with E-state index in [1.54, 1.807) is 34.0 Å². The average molecular weight is 333 g/mol. The van der Waals surface area contributed by atoms with Gasteiger partial charge in [0.25, 0.3) is 5.91 Å². The number of fused-ring (bicyclic) bond motifs is 1. The number of nitrogens with zero attached hydrogens (tertiary/aromatic N) is 6. The molecule has 1 N–H and O–H groups in total. The Labute approximate surface area is 143 Å². The number of anilines is 1. The molecule has 0 saturated heterocycles. The second-order valence-corrected chi connectivity index (χ2v) is 5.59. The summed E-state index contributed by atoms with van der Waals surface area (Å²) >= 11 is 0. The third kappa shape index (κ3) is 2.97. The minimum atomic E-state index is -0.345. The summed E-state index contributed by atoms with van der Waals surface area (Å²) < 4.78 is 3.23. The van der Waals surface area contributed by atoms with Gasteiger partial charge in [0.15, 0.2) is 5.65 Å². The summed E-state index contributed by atoms with van der Waals surface area (Å²) in [6.45, 7) is 2.64. The quantitative estimate of drug-likeness (QED) is 0.616. The maximum Gasteiger partial charge on any atom is 0.263 e. The summed E-state index contributed by atoms with van der Waals surface area (Å²) in [5, 5.41) is 11.1. The van der Waals surface area contributed by atoms with Crippen molar-refractivity contribution in [2.24, 2.45) is 0 Å². The van der Waals surface area contributed by atoms with Gasteiger partial charge in [0.2, 0.25) is 5.95 Å². The molecule has 0 radical (unpaired) electrons. The van der Waals surface area contributed by atoms with E-state index in [9.17, 15) is 4.79 Å². The van der Waals surface area contributed by atoms with Gasteiger partial charge in [0, 0.05) is 12.4 Å². The van der Waals surface area contributed by atoms with Gasteiger partial charge in [-0.25, -0.2) is 19.2 Å². The lowest BCUT2D eigenvalue weighted by Gasteiger charge is -2.04. The van der Waals surface area contributed by atoms with Gasteiger partial charge >= 0.3 is 0 Å². The molecule has 3 heterocycles. The van der Waals surface area contributed by atoms with Crippen LogP contribution in [0, 0.1) is 6.92 Å². The Bertz CT molecular complexity index is 1050. The summed E-state index contributed by atoms with van der Waals surface area (Å²) in [5.74, 6) is -0.101. The summed E-state index contributed by atoms with van der Waals surface area (Å²) in [7, 11) is 0. The van der Waals surface area contributed by atoms with Gasteiger partial charge in [-0.15, -0.1) is 5.10 Å². The Balaban J connectivity index is 1.51. The topological polar surface area (TPSA) is 90.0 Å². The zero-order chi connectivity index (χ0) is 17.2. The van der Waals surface area contributed by atoms with Crippen LogP contribution < -0.4 is 5.32 Å². The molecule has 1 amide bonds. The van der Waals surface area contributed by atoms with Gasteiger partial charge in [0.05, 0.1) is 12.7 Å². The zero-order valence-electron chi connectivity index (χ0n) is 13.5. The fourth-order valence-electron chi connectivity index (χ4n) is 2.55. The van der Waals surface area contributed by atoms with Gasteiger partial charge < -0.3 is 0 Å². The third-order valence-corrected chi connectivity index (χ3v) is 3.88. The normalized spacial score (nSPS) is 10.9. The summed E-state index contributed by atoms with van der Waals surface area (Å²) in [4.78, 5) is 20.7. The molecule has 0 aliphatic carbocycles. The van der Waals surface area contributed by atoms with Crippen molar-refractivity contribution in [3.05, 3.63) is 71.9 Å². The van der Waals surface area contributed by atoms with Gasteiger partial charge in [-0.05, 0) is 24.1 Å². The molecule has 25 heavy (non-hydrogen) atoms. The van der Waals surface area contributed by atoms with Crippen molar-refractivity contribution in [2.45, 2.75) is 13.5 Å². The number of benzene rings is 1. The van der Waals surface area contributed by atoms with Crippen LogP contribution in [0.25, 0.3) is 5.65 Å². The van der Waals surface area contributed by atoms with Crippen LogP contribution in [0.1, 0.15) is 21.5 Å². The van der Waals surface area contributed by atoms with E-state index in [0.29, 0.717) is 17.8 Å². The predicted molar refractivity (Wildman–Crippen MR) is 91.2 cm³/mol. The van der Waals surface area contributed by atoms with Crippen LogP contribution in [0.5, 0.6) is 0 Å². The largest absolute Gasteiger partial charge is 0.289 e. The van der Waals surface area contributed by atoms with E-state index >= 15 is 0 Å². The first kappa shape index (κ1) is 15.0. The van der Waals surface area contributed by atoms with Crippen molar-refractivity contribution in [2.75, 3.05) is 5.32 Å². The Morgan fingerprint density at radius 1 is 1.20 bits per heavy atom. The molecule has 4 aromatic rings. The van der Waals surface area contributed by atoms with E-state index in [1.807, 2.05) is 31.2 Å². The molecule has 4 rings (SSSR count). The number of aromatic nitrogens is 6. The van der Waals surface area contributed by atoms with E-state index in [0.717, 1.165) is 5.56 Å². The predicted octanol–water partition coefficient (Wildman–Crippen LogP) is 1.93. The molecular formula is C17H15N7O. The molecule has 0 spiro atoms. The SMILES string of the molecule is Cc1ccccc1Cn1cnc(NC(=O)c2cnn3cccnc23)n1. The number of aryl methyl sites for hydroxylation is 1. The van der Waals surface area contributed by atoms with Crippen molar-refractivity contribution in [3.8, 4) is 0 Å². The molecule has 0 fully saturated rings. The fraction of sp³-hybridized carbons (Fsp3) is 0.118. The van der Waals surface area contributed by atoms with Crippen LogP contribution in [0.3, 0.4) is 0 Å². The fourth-order valence-corrected chi connectivity index (χ4v) is 2.55. The van der Waals surface area contributed by atoms with Crippen molar-refractivity contribution in [1.29, 1.82) is 0 Å². The van der Waals surface area contributed by atoms with Crippen molar-refractivity contribution < 1.29 is 4.79 Å². The van der Waals surface area contributed by atoms with Gasteiger partial charge in [-0.3, -0.25) is 10.1 Å². The molecule has 0 aliphatic heterocycles. The van der Waals surface area contributed by atoms with Crippen molar-refractivity contribution in [3.63, 3.8) is 0 Å². The number of hydrogen-bond donors (Lipinski definition) is 1. The lowest BCUT2D eigenvalue weighted by molar-refractivity contribution is 0.102. The number of carbonyl (C=O) groups excluding carboxylic acids is 1. The third-order valence-electron chi connectivity index (χ3n) is 3.88. The Morgan fingerprint density at radius 3 is 2.96 bits per heavy atom. The Hall–Kier alpha value is -3.55. The summed E-state index contributed by atoms with van der Waals surface area (Å²) in [6, 6.07) is 9.82. The van der Waals surface area contributed by atoms with E-state index in [2.05, 4.69) is 25.5 Å². The molecule has 124 valence electrons. The number of amides is 1. The lowest BCUT2D eigenvalue weighted by atomic mass is 10.1. The van der Waals surface area contributed by atoms with E-state index in [4.69, 9.17) is 0 Å². The number of carbonyl (C=O) groups is 1. The number of nitrogens with one attached hydrogen (secondary N) is 1. The second kappa shape index (κ2) is 6.16. The van der Waals surface area contributed by atoms with E-state index < -0.39 is 0 Å². The number of rotatable bonds is 4. The molecule has 8 heteroatoms. The Morgan fingerprint density at radius 2 is 2.08 bits per heavy atom. The maximum atomic E-state index is 12.4. The molecule has 8 nitrogen and oxygen atoms in total. The van der Waals surface area contributed by atoms with Crippen LogP contribution in [-0.2, 0) is 6.54 Å². The minimum absolute atomic E-state index is 0.244. The molecule has 0 bridgehead atoms. The van der Waals surface area contributed by atoms with Gasteiger partial charge in [-0.2, -0.15) is 5.10 Å². The van der Waals surface area contributed by atoms with Crippen LogP contribution >= 0.6 is 0 Å². The first-order valence-electron chi connectivity index (χ1n) is 7.74. The van der Waals surface area contributed by atoms with E-state index in [1.165, 1.54) is 11.8 Å². The highest BCUT2D eigenvalue weighted by Crippen LogP contribution is 2.11. The van der Waals surface area contributed by atoms with Crippen LogP contribution in [0.4, 0.5) is 5.95 Å². The summed E-state index contributed by atoms with van der Waals surface area (Å²) in [6.07, 6.45) is 6.41. The van der Waals surface area contributed by atoms with E-state index in [-0.39, 0.29) is 11.9 Å².